The van der Waals surface area contributed by atoms with Crippen molar-refractivity contribution < 1.29 is 18.4 Å². The molecule has 0 fully saturated rings. The largest absolute Gasteiger partial charge is 0.349 e. The lowest BCUT2D eigenvalue weighted by atomic mass is 10.2. The van der Waals surface area contributed by atoms with Gasteiger partial charge in [-0.25, -0.2) is 8.78 Å². The number of hydrogen-bond donors (Lipinski definition) is 2. The van der Waals surface area contributed by atoms with Crippen LogP contribution in [0, 0.1) is 18.6 Å². The van der Waals surface area contributed by atoms with E-state index in [1.54, 1.807) is 6.07 Å². The third-order valence-corrected chi connectivity index (χ3v) is 3.00. The van der Waals surface area contributed by atoms with Gasteiger partial charge >= 0.3 is 0 Å². The van der Waals surface area contributed by atoms with Gasteiger partial charge in [-0.3, -0.25) is 14.6 Å². The zero-order chi connectivity index (χ0) is 16.8. The summed E-state index contributed by atoms with van der Waals surface area (Å²) in [6, 6.07) is 8.21. The molecule has 0 aliphatic carbocycles. The molecule has 0 bridgehead atoms. The van der Waals surface area contributed by atoms with Crippen LogP contribution in [0.2, 0.25) is 0 Å². The lowest BCUT2D eigenvalue weighted by molar-refractivity contribution is -0.120. The first kappa shape index (κ1) is 16.5. The molecule has 120 valence electrons. The minimum absolute atomic E-state index is 0.0583. The minimum Gasteiger partial charge on any atom is -0.349 e. The number of carbonyl (C=O) groups is 2. The molecule has 5 nitrogen and oxygen atoms in total. The predicted octanol–water partition coefficient (Wildman–Crippen LogP) is 1.71. The number of amides is 2. The first-order valence-electron chi connectivity index (χ1n) is 6.88. The Labute approximate surface area is 131 Å². The summed E-state index contributed by atoms with van der Waals surface area (Å²) in [4.78, 5) is 27.6. The molecule has 2 rings (SSSR count). The van der Waals surface area contributed by atoms with Crippen molar-refractivity contribution in [1.82, 2.24) is 15.6 Å². The van der Waals surface area contributed by atoms with Crippen molar-refractivity contribution in [3.05, 3.63) is 65.0 Å². The molecule has 0 saturated heterocycles. The monoisotopic (exact) mass is 319 g/mol. The zero-order valence-electron chi connectivity index (χ0n) is 12.4. The van der Waals surface area contributed by atoms with Crippen LogP contribution in [0.5, 0.6) is 0 Å². The van der Waals surface area contributed by atoms with E-state index in [-0.39, 0.29) is 18.7 Å². The predicted molar refractivity (Wildman–Crippen MR) is 79.5 cm³/mol. The highest BCUT2D eigenvalue weighted by molar-refractivity contribution is 5.96. The van der Waals surface area contributed by atoms with Crippen LogP contribution in [-0.4, -0.2) is 23.3 Å². The zero-order valence-corrected chi connectivity index (χ0v) is 12.4. The smallest absolute Gasteiger partial charge is 0.251 e. The van der Waals surface area contributed by atoms with Crippen LogP contribution in [0.3, 0.4) is 0 Å². The van der Waals surface area contributed by atoms with Crippen molar-refractivity contribution in [2.75, 3.05) is 6.54 Å². The highest BCUT2D eigenvalue weighted by Crippen LogP contribution is 2.08. The van der Waals surface area contributed by atoms with E-state index in [2.05, 4.69) is 15.6 Å². The number of nitrogens with zero attached hydrogens (tertiary/aromatic N) is 1. The third-order valence-electron chi connectivity index (χ3n) is 3.00. The summed E-state index contributed by atoms with van der Waals surface area (Å²) < 4.78 is 25.8. The summed E-state index contributed by atoms with van der Waals surface area (Å²) in [5.41, 5.74) is 1.48. The Morgan fingerprint density at radius 2 is 1.87 bits per heavy atom. The van der Waals surface area contributed by atoms with Crippen LogP contribution in [-0.2, 0) is 11.3 Å². The second kappa shape index (κ2) is 7.44. The molecule has 1 aromatic carbocycles. The van der Waals surface area contributed by atoms with Crippen LogP contribution in [0.15, 0.2) is 36.4 Å². The van der Waals surface area contributed by atoms with Crippen molar-refractivity contribution >= 4 is 11.8 Å². The van der Waals surface area contributed by atoms with Gasteiger partial charge in [0.05, 0.1) is 18.8 Å². The topological polar surface area (TPSA) is 71.1 Å². The second-order valence-electron chi connectivity index (χ2n) is 4.86. The van der Waals surface area contributed by atoms with E-state index >= 15 is 0 Å². The van der Waals surface area contributed by atoms with Gasteiger partial charge in [-0.15, -0.1) is 0 Å². The van der Waals surface area contributed by atoms with Crippen molar-refractivity contribution in [2.45, 2.75) is 13.5 Å². The maximum atomic E-state index is 13.0. The van der Waals surface area contributed by atoms with Gasteiger partial charge in [-0.1, -0.05) is 6.07 Å². The van der Waals surface area contributed by atoms with E-state index in [0.29, 0.717) is 5.69 Å². The minimum atomic E-state index is -1.12. The number of rotatable bonds is 5. The standard InChI is InChI=1S/C16H15F2N3O2/c1-10-3-2-4-12(21-10)8-19-15(22)9-20-16(23)11-5-6-13(17)14(18)7-11/h2-7H,8-9H2,1H3,(H,19,22)(H,20,23). The molecule has 2 aromatic rings. The van der Waals surface area contributed by atoms with Gasteiger partial charge in [-0.2, -0.15) is 0 Å². The molecule has 1 heterocycles. The average Bonchev–Trinajstić information content (AvgIpc) is 2.53. The average molecular weight is 319 g/mol. The molecule has 23 heavy (non-hydrogen) atoms. The SMILES string of the molecule is Cc1cccc(CNC(=O)CNC(=O)c2ccc(F)c(F)c2)n1. The molecule has 0 spiro atoms. The molecule has 0 radical (unpaired) electrons. The van der Waals surface area contributed by atoms with Crippen LogP contribution >= 0.6 is 0 Å². The molecule has 0 aliphatic heterocycles. The summed E-state index contributed by atoms with van der Waals surface area (Å²) in [5.74, 6) is -3.23. The fraction of sp³-hybridized carbons (Fsp3) is 0.188. The molecular weight excluding hydrogens is 304 g/mol. The summed E-state index contributed by atoms with van der Waals surface area (Å²) in [6.07, 6.45) is 0. The first-order valence-corrected chi connectivity index (χ1v) is 6.88. The molecule has 0 atom stereocenters. The Morgan fingerprint density at radius 3 is 2.57 bits per heavy atom. The Bertz CT molecular complexity index is 735. The summed E-state index contributed by atoms with van der Waals surface area (Å²) >= 11 is 0. The number of nitrogens with one attached hydrogen (secondary N) is 2. The number of aromatic nitrogens is 1. The van der Waals surface area contributed by atoms with Gasteiger partial charge in [0, 0.05) is 11.3 Å². The van der Waals surface area contributed by atoms with Crippen molar-refractivity contribution in [2.24, 2.45) is 0 Å². The van der Waals surface area contributed by atoms with Crippen LogP contribution in [0.4, 0.5) is 8.78 Å². The summed E-state index contributed by atoms with van der Waals surface area (Å²) in [7, 11) is 0. The van der Waals surface area contributed by atoms with Gasteiger partial charge in [0.15, 0.2) is 11.6 Å². The Balaban J connectivity index is 1.81. The first-order chi connectivity index (χ1) is 11.0. The van der Waals surface area contributed by atoms with E-state index in [1.807, 2.05) is 19.1 Å². The number of pyridine rings is 1. The van der Waals surface area contributed by atoms with E-state index in [0.717, 1.165) is 23.9 Å². The molecule has 0 unspecified atom stereocenters. The fourth-order valence-electron chi connectivity index (χ4n) is 1.85. The second-order valence-corrected chi connectivity index (χ2v) is 4.86. The number of aryl methyl sites for hydroxylation is 1. The fourth-order valence-corrected chi connectivity index (χ4v) is 1.85. The van der Waals surface area contributed by atoms with Gasteiger partial charge in [0.25, 0.3) is 5.91 Å². The molecule has 1 aromatic heterocycles. The number of carbonyl (C=O) groups excluding carboxylic acids is 2. The molecular formula is C16H15F2N3O2. The van der Waals surface area contributed by atoms with Gasteiger partial charge in [0.2, 0.25) is 5.91 Å². The Morgan fingerprint density at radius 1 is 1.09 bits per heavy atom. The Kier molecular flexibility index (Phi) is 5.35. The van der Waals surface area contributed by atoms with Crippen molar-refractivity contribution in [3.63, 3.8) is 0 Å². The maximum absolute atomic E-state index is 13.0. The lowest BCUT2D eigenvalue weighted by Crippen LogP contribution is -2.36. The van der Waals surface area contributed by atoms with Gasteiger partial charge in [-0.05, 0) is 37.3 Å². The highest BCUT2D eigenvalue weighted by atomic mass is 19.2. The molecule has 2 N–H and O–H groups in total. The van der Waals surface area contributed by atoms with Crippen LogP contribution in [0.1, 0.15) is 21.7 Å². The van der Waals surface area contributed by atoms with Crippen molar-refractivity contribution in [3.8, 4) is 0 Å². The number of hydrogen-bond acceptors (Lipinski definition) is 3. The van der Waals surface area contributed by atoms with Crippen LogP contribution in [0.25, 0.3) is 0 Å². The maximum Gasteiger partial charge on any atom is 0.251 e. The summed E-state index contributed by atoms with van der Waals surface area (Å²) in [5, 5.41) is 4.94. The highest BCUT2D eigenvalue weighted by Gasteiger charge is 2.11. The van der Waals surface area contributed by atoms with Crippen LogP contribution < -0.4 is 10.6 Å². The molecule has 0 saturated carbocycles. The Hall–Kier alpha value is -2.83. The van der Waals surface area contributed by atoms with Crippen molar-refractivity contribution in [1.29, 1.82) is 0 Å². The van der Waals surface area contributed by atoms with E-state index in [4.69, 9.17) is 0 Å². The molecule has 0 aliphatic rings. The quantitative estimate of drug-likeness (QED) is 0.881. The van der Waals surface area contributed by atoms with Gasteiger partial charge in [0.1, 0.15) is 0 Å². The summed E-state index contributed by atoms with van der Waals surface area (Å²) in [6.45, 7) is 1.80. The molecule has 7 heteroatoms. The molecule has 2 amide bonds. The number of benzene rings is 1. The lowest BCUT2D eigenvalue weighted by Gasteiger charge is -2.07. The van der Waals surface area contributed by atoms with Gasteiger partial charge < -0.3 is 10.6 Å². The number of halogens is 2. The normalized spacial score (nSPS) is 10.2. The van der Waals surface area contributed by atoms with E-state index in [1.165, 1.54) is 0 Å². The third kappa shape index (κ3) is 4.84. The van der Waals surface area contributed by atoms with E-state index in [9.17, 15) is 18.4 Å². The van der Waals surface area contributed by atoms with E-state index < -0.39 is 23.4 Å².